The molecule has 2 fully saturated rings. The standard InChI is InChI=1S/C18H29N3O2S/c1-17-6-8-18(9-7-17)16-19-12-14-21(15-13-19)24(22,23)20-10-4-2-3-5-11-20/h6-9H,2-5,10-16H2,1H3. The van der Waals surface area contributed by atoms with Gasteiger partial charge in [-0.05, 0) is 25.3 Å². The van der Waals surface area contributed by atoms with Gasteiger partial charge >= 0.3 is 0 Å². The average molecular weight is 352 g/mol. The molecule has 2 heterocycles. The minimum Gasteiger partial charge on any atom is -0.296 e. The predicted octanol–water partition coefficient (Wildman–Crippen LogP) is 2.23. The van der Waals surface area contributed by atoms with Crippen LogP contribution in [0.4, 0.5) is 0 Å². The Kier molecular flexibility index (Phi) is 5.92. The lowest BCUT2D eigenvalue weighted by molar-refractivity contribution is 0.175. The number of rotatable bonds is 4. The molecule has 1 aromatic carbocycles. The van der Waals surface area contributed by atoms with Crippen LogP contribution in [0.2, 0.25) is 0 Å². The van der Waals surface area contributed by atoms with Crippen LogP contribution < -0.4 is 0 Å². The summed E-state index contributed by atoms with van der Waals surface area (Å²) in [4.78, 5) is 2.35. The highest BCUT2D eigenvalue weighted by atomic mass is 32.2. The molecule has 2 saturated heterocycles. The fourth-order valence-corrected chi connectivity index (χ4v) is 5.18. The molecule has 0 bridgehead atoms. The fourth-order valence-electron chi connectivity index (χ4n) is 3.51. The first kappa shape index (κ1) is 17.9. The van der Waals surface area contributed by atoms with Gasteiger partial charge in [-0.25, -0.2) is 0 Å². The maximum Gasteiger partial charge on any atom is 0.282 e. The Labute approximate surface area is 146 Å². The van der Waals surface area contributed by atoms with Gasteiger partial charge in [0.25, 0.3) is 10.2 Å². The van der Waals surface area contributed by atoms with Gasteiger partial charge in [-0.1, -0.05) is 42.7 Å². The maximum absolute atomic E-state index is 12.8. The number of hydrogen-bond donors (Lipinski definition) is 0. The zero-order valence-corrected chi connectivity index (χ0v) is 15.5. The van der Waals surface area contributed by atoms with Gasteiger partial charge in [-0.15, -0.1) is 0 Å². The van der Waals surface area contributed by atoms with Crippen LogP contribution in [0, 0.1) is 6.92 Å². The molecule has 0 unspecified atom stereocenters. The highest BCUT2D eigenvalue weighted by Crippen LogP contribution is 2.18. The van der Waals surface area contributed by atoms with Crippen molar-refractivity contribution in [3.63, 3.8) is 0 Å². The average Bonchev–Trinajstić information content (AvgIpc) is 2.87. The second-order valence-corrected chi connectivity index (χ2v) is 8.91. The monoisotopic (exact) mass is 351 g/mol. The van der Waals surface area contributed by atoms with Crippen LogP contribution in [0.5, 0.6) is 0 Å². The maximum atomic E-state index is 12.8. The molecule has 0 saturated carbocycles. The topological polar surface area (TPSA) is 43.9 Å². The lowest BCUT2D eigenvalue weighted by atomic mass is 10.1. The zero-order chi connectivity index (χ0) is 17.0. The molecule has 0 aromatic heterocycles. The molecule has 0 atom stereocenters. The van der Waals surface area contributed by atoms with Crippen LogP contribution in [0.15, 0.2) is 24.3 Å². The third-order valence-corrected chi connectivity index (χ3v) is 7.11. The summed E-state index contributed by atoms with van der Waals surface area (Å²) in [6.07, 6.45) is 4.28. The first-order chi connectivity index (χ1) is 11.6. The van der Waals surface area contributed by atoms with E-state index in [1.54, 1.807) is 8.61 Å². The van der Waals surface area contributed by atoms with Gasteiger partial charge in [-0.3, -0.25) is 4.90 Å². The summed E-state index contributed by atoms with van der Waals surface area (Å²) in [7, 11) is -3.27. The smallest absolute Gasteiger partial charge is 0.282 e. The van der Waals surface area contributed by atoms with E-state index in [1.807, 2.05) is 0 Å². The Bertz CT molecular complexity index is 614. The summed E-state index contributed by atoms with van der Waals surface area (Å²) in [6.45, 7) is 7.18. The van der Waals surface area contributed by atoms with Crippen molar-refractivity contribution in [1.29, 1.82) is 0 Å². The van der Waals surface area contributed by atoms with Crippen LogP contribution in [-0.4, -0.2) is 61.2 Å². The van der Waals surface area contributed by atoms with Crippen molar-refractivity contribution in [2.24, 2.45) is 0 Å². The summed E-state index contributed by atoms with van der Waals surface area (Å²) < 4.78 is 29.0. The molecule has 0 N–H and O–H groups in total. The molecular weight excluding hydrogens is 322 g/mol. The summed E-state index contributed by atoms with van der Waals surface area (Å²) in [5.74, 6) is 0. The molecule has 2 aliphatic rings. The first-order valence-electron chi connectivity index (χ1n) is 9.09. The summed E-state index contributed by atoms with van der Waals surface area (Å²) in [6, 6.07) is 8.59. The number of aryl methyl sites for hydroxylation is 1. The Morgan fingerprint density at radius 2 is 1.33 bits per heavy atom. The van der Waals surface area contributed by atoms with Gasteiger partial charge in [0.2, 0.25) is 0 Å². The largest absolute Gasteiger partial charge is 0.296 e. The van der Waals surface area contributed by atoms with E-state index >= 15 is 0 Å². The van der Waals surface area contributed by atoms with Gasteiger partial charge in [0.15, 0.2) is 0 Å². The van der Waals surface area contributed by atoms with Crippen LogP contribution in [0.3, 0.4) is 0 Å². The van der Waals surface area contributed by atoms with Gasteiger partial charge in [-0.2, -0.15) is 17.0 Å². The van der Waals surface area contributed by atoms with E-state index in [0.717, 1.165) is 45.3 Å². The zero-order valence-electron chi connectivity index (χ0n) is 14.7. The van der Waals surface area contributed by atoms with E-state index in [-0.39, 0.29) is 0 Å². The van der Waals surface area contributed by atoms with Gasteiger partial charge in [0, 0.05) is 45.8 Å². The second kappa shape index (κ2) is 7.95. The SMILES string of the molecule is Cc1ccc(CN2CCN(S(=O)(=O)N3CCCCCC3)CC2)cc1. The van der Waals surface area contributed by atoms with Crippen molar-refractivity contribution >= 4 is 10.2 Å². The van der Waals surface area contributed by atoms with Crippen molar-refractivity contribution in [2.45, 2.75) is 39.2 Å². The molecule has 0 spiro atoms. The molecule has 0 radical (unpaired) electrons. The molecule has 6 heteroatoms. The molecule has 3 rings (SSSR count). The summed E-state index contributed by atoms with van der Waals surface area (Å²) in [5.41, 5.74) is 2.57. The molecule has 2 aliphatic heterocycles. The number of hydrogen-bond acceptors (Lipinski definition) is 3. The Morgan fingerprint density at radius 3 is 1.92 bits per heavy atom. The van der Waals surface area contributed by atoms with E-state index in [2.05, 4.69) is 36.1 Å². The van der Waals surface area contributed by atoms with E-state index < -0.39 is 10.2 Å². The third-order valence-electron chi connectivity index (χ3n) is 5.08. The second-order valence-electron chi connectivity index (χ2n) is 6.98. The van der Waals surface area contributed by atoms with E-state index in [0.29, 0.717) is 26.2 Å². The summed E-state index contributed by atoms with van der Waals surface area (Å²) in [5, 5.41) is 0. The predicted molar refractivity (Wildman–Crippen MR) is 97.0 cm³/mol. The lowest BCUT2D eigenvalue weighted by Crippen LogP contribution is -2.52. The molecular formula is C18H29N3O2S. The molecule has 134 valence electrons. The normalized spacial score (nSPS) is 22.4. The molecule has 5 nitrogen and oxygen atoms in total. The number of piperazine rings is 1. The van der Waals surface area contributed by atoms with Crippen molar-refractivity contribution < 1.29 is 8.42 Å². The van der Waals surface area contributed by atoms with Crippen molar-refractivity contribution in [3.8, 4) is 0 Å². The summed E-state index contributed by atoms with van der Waals surface area (Å²) >= 11 is 0. The fraction of sp³-hybridized carbons (Fsp3) is 0.667. The quantitative estimate of drug-likeness (QED) is 0.836. The molecule has 0 amide bonds. The highest BCUT2D eigenvalue weighted by molar-refractivity contribution is 7.86. The Balaban J connectivity index is 1.54. The Hall–Kier alpha value is -0.950. The minimum absolute atomic E-state index is 0.602. The van der Waals surface area contributed by atoms with Gasteiger partial charge < -0.3 is 0 Å². The number of nitrogens with zero attached hydrogens (tertiary/aromatic N) is 3. The molecule has 0 aliphatic carbocycles. The van der Waals surface area contributed by atoms with Gasteiger partial charge in [0.1, 0.15) is 0 Å². The third kappa shape index (κ3) is 4.36. The highest BCUT2D eigenvalue weighted by Gasteiger charge is 2.32. The van der Waals surface area contributed by atoms with E-state index in [9.17, 15) is 8.42 Å². The van der Waals surface area contributed by atoms with Crippen molar-refractivity contribution in [2.75, 3.05) is 39.3 Å². The van der Waals surface area contributed by atoms with Crippen LogP contribution >= 0.6 is 0 Å². The minimum atomic E-state index is -3.27. The molecule has 24 heavy (non-hydrogen) atoms. The van der Waals surface area contributed by atoms with Crippen LogP contribution in [0.25, 0.3) is 0 Å². The molecule has 1 aromatic rings. The van der Waals surface area contributed by atoms with Crippen molar-refractivity contribution in [1.82, 2.24) is 13.5 Å². The van der Waals surface area contributed by atoms with E-state index in [1.165, 1.54) is 11.1 Å². The Morgan fingerprint density at radius 1 is 0.792 bits per heavy atom. The first-order valence-corrected chi connectivity index (χ1v) is 10.5. The van der Waals surface area contributed by atoms with Gasteiger partial charge in [0.05, 0.1) is 0 Å². The van der Waals surface area contributed by atoms with Crippen molar-refractivity contribution in [3.05, 3.63) is 35.4 Å². The number of benzene rings is 1. The lowest BCUT2D eigenvalue weighted by Gasteiger charge is -2.36. The van der Waals surface area contributed by atoms with E-state index in [4.69, 9.17) is 0 Å². The van der Waals surface area contributed by atoms with Crippen LogP contribution in [0.1, 0.15) is 36.8 Å². The van der Waals surface area contributed by atoms with Crippen LogP contribution in [-0.2, 0) is 16.8 Å².